The summed E-state index contributed by atoms with van der Waals surface area (Å²) >= 11 is 5.93. The summed E-state index contributed by atoms with van der Waals surface area (Å²) in [6.07, 6.45) is 0. The first-order chi connectivity index (χ1) is 7.48. The van der Waals surface area contributed by atoms with E-state index in [1.165, 1.54) is 0 Å². The summed E-state index contributed by atoms with van der Waals surface area (Å²) in [6, 6.07) is 5.32. The number of nitrogen functional groups attached to an aromatic ring is 1. The van der Waals surface area contributed by atoms with Crippen LogP contribution in [0.1, 0.15) is 13.8 Å². The summed E-state index contributed by atoms with van der Waals surface area (Å²) in [6.45, 7) is 5.52. The SMILES string of the molecule is CC1(C)COB(c2cc(Cl)ccc2N)OC1. The molecule has 86 valence electrons. The molecule has 3 nitrogen and oxygen atoms in total. The van der Waals surface area contributed by atoms with Crippen molar-refractivity contribution in [2.45, 2.75) is 13.8 Å². The fourth-order valence-corrected chi connectivity index (χ4v) is 1.80. The van der Waals surface area contributed by atoms with Gasteiger partial charge in [-0.25, -0.2) is 0 Å². The topological polar surface area (TPSA) is 44.5 Å². The van der Waals surface area contributed by atoms with Crippen molar-refractivity contribution in [1.82, 2.24) is 0 Å². The number of benzene rings is 1. The van der Waals surface area contributed by atoms with Gasteiger partial charge in [0.15, 0.2) is 0 Å². The zero-order valence-electron chi connectivity index (χ0n) is 9.50. The van der Waals surface area contributed by atoms with Crippen molar-refractivity contribution < 1.29 is 9.31 Å². The second-order valence-corrected chi connectivity index (χ2v) is 5.33. The number of anilines is 1. The van der Waals surface area contributed by atoms with Crippen molar-refractivity contribution in [1.29, 1.82) is 0 Å². The quantitative estimate of drug-likeness (QED) is 0.599. The van der Waals surface area contributed by atoms with Gasteiger partial charge in [-0.2, -0.15) is 0 Å². The van der Waals surface area contributed by atoms with E-state index in [9.17, 15) is 0 Å². The molecule has 0 aliphatic carbocycles. The van der Waals surface area contributed by atoms with Crippen LogP contribution in [-0.2, 0) is 9.31 Å². The van der Waals surface area contributed by atoms with Crippen LogP contribution in [0.4, 0.5) is 5.69 Å². The lowest BCUT2D eigenvalue weighted by Gasteiger charge is -2.33. The first-order valence-corrected chi connectivity index (χ1v) is 5.64. The van der Waals surface area contributed by atoms with Gasteiger partial charge in [0.2, 0.25) is 0 Å². The van der Waals surface area contributed by atoms with Gasteiger partial charge in [0, 0.05) is 34.8 Å². The third kappa shape index (κ3) is 2.51. The van der Waals surface area contributed by atoms with Gasteiger partial charge in [0.05, 0.1) is 0 Å². The first kappa shape index (κ1) is 11.8. The highest BCUT2D eigenvalue weighted by atomic mass is 35.5. The maximum absolute atomic E-state index is 5.93. The van der Waals surface area contributed by atoms with Crippen molar-refractivity contribution >= 4 is 29.9 Å². The van der Waals surface area contributed by atoms with Gasteiger partial charge in [-0.05, 0) is 18.2 Å². The maximum atomic E-state index is 5.93. The average molecular weight is 240 g/mol. The molecule has 0 spiro atoms. The number of halogens is 1. The van der Waals surface area contributed by atoms with E-state index in [4.69, 9.17) is 26.6 Å². The molecule has 0 bridgehead atoms. The fourth-order valence-electron chi connectivity index (χ4n) is 1.62. The largest absolute Gasteiger partial charge is 0.496 e. The van der Waals surface area contributed by atoms with Crippen LogP contribution < -0.4 is 11.2 Å². The predicted molar refractivity (Wildman–Crippen MR) is 66.9 cm³/mol. The molecule has 0 aromatic heterocycles. The standard InChI is InChI=1S/C11H15BClNO2/c1-11(2)6-15-12(16-7-11)9-5-8(13)3-4-10(9)14/h3-5H,6-7,14H2,1-2H3. The molecule has 5 heteroatoms. The fraction of sp³-hybridized carbons (Fsp3) is 0.455. The average Bonchev–Trinajstić information content (AvgIpc) is 2.22. The second kappa shape index (κ2) is 4.28. The lowest BCUT2D eigenvalue weighted by Crippen LogP contribution is -2.48. The van der Waals surface area contributed by atoms with E-state index in [1.54, 1.807) is 18.2 Å². The molecule has 16 heavy (non-hydrogen) atoms. The maximum Gasteiger partial charge on any atom is 0.496 e. The molecule has 0 unspecified atom stereocenters. The van der Waals surface area contributed by atoms with E-state index >= 15 is 0 Å². The van der Waals surface area contributed by atoms with Crippen molar-refractivity contribution in [3.8, 4) is 0 Å². The smallest absolute Gasteiger partial charge is 0.407 e. The van der Waals surface area contributed by atoms with Gasteiger partial charge in [-0.15, -0.1) is 0 Å². The third-order valence-corrected chi connectivity index (χ3v) is 2.79. The normalized spacial score (nSPS) is 19.8. The Labute approximate surface area is 101 Å². The van der Waals surface area contributed by atoms with Gasteiger partial charge >= 0.3 is 7.12 Å². The van der Waals surface area contributed by atoms with Crippen molar-refractivity contribution in [3.05, 3.63) is 23.2 Å². The molecule has 1 aliphatic heterocycles. The minimum absolute atomic E-state index is 0.0594. The molecule has 1 aliphatic rings. The predicted octanol–water partition coefficient (Wildman–Crippen LogP) is 1.69. The van der Waals surface area contributed by atoms with Gasteiger partial charge in [0.25, 0.3) is 0 Å². The Kier molecular flexibility index (Phi) is 3.15. The molecule has 2 rings (SSSR count). The monoisotopic (exact) mass is 239 g/mol. The minimum atomic E-state index is -0.397. The summed E-state index contributed by atoms with van der Waals surface area (Å²) in [5.41, 5.74) is 7.38. The highest BCUT2D eigenvalue weighted by molar-refractivity contribution is 6.63. The molecule has 1 aromatic carbocycles. The number of hydrogen-bond donors (Lipinski definition) is 1. The molecule has 1 heterocycles. The molecular formula is C11H15BClNO2. The lowest BCUT2D eigenvalue weighted by molar-refractivity contribution is 0.0344. The summed E-state index contributed by atoms with van der Waals surface area (Å²) in [5.74, 6) is 0. The zero-order chi connectivity index (χ0) is 11.8. The highest BCUT2D eigenvalue weighted by Crippen LogP contribution is 2.22. The molecule has 0 atom stereocenters. The number of nitrogens with two attached hydrogens (primary N) is 1. The Balaban J connectivity index is 2.17. The van der Waals surface area contributed by atoms with E-state index < -0.39 is 7.12 Å². The Morgan fingerprint density at radius 1 is 1.31 bits per heavy atom. The van der Waals surface area contributed by atoms with Crippen LogP contribution in [-0.4, -0.2) is 20.3 Å². The van der Waals surface area contributed by atoms with Crippen molar-refractivity contribution in [2.24, 2.45) is 5.41 Å². The van der Waals surface area contributed by atoms with Crippen LogP contribution in [0.15, 0.2) is 18.2 Å². The Bertz CT molecular complexity index is 388. The first-order valence-electron chi connectivity index (χ1n) is 5.26. The number of hydrogen-bond acceptors (Lipinski definition) is 3. The van der Waals surface area contributed by atoms with Crippen LogP contribution >= 0.6 is 11.6 Å². The molecular weight excluding hydrogens is 224 g/mol. The van der Waals surface area contributed by atoms with Crippen LogP contribution in [0.5, 0.6) is 0 Å². The summed E-state index contributed by atoms with van der Waals surface area (Å²) < 4.78 is 11.3. The Hall–Kier alpha value is -0.705. The van der Waals surface area contributed by atoms with Crippen molar-refractivity contribution in [2.75, 3.05) is 18.9 Å². The van der Waals surface area contributed by atoms with Gasteiger partial charge < -0.3 is 15.0 Å². The summed E-state index contributed by atoms with van der Waals surface area (Å²) in [4.78, 5) is 0. The molecule has 0 radical (unpaired) electrons. The van der Waals surface area contributed by atoms with Gasteiger partial charge in [0.1, 0.15) is 0 Å². The van der Waals surface area contributed by atoms with E-state index in [-0.39, 0.29) is 5.41 Å². The number of rotatable bonds is 1. The summed E-state index contributed by atoms with van der Waals surface area (Å²) in [5, 5.41) is 0.640. The second-order valence-electron chi connectivity index (χ2n) is 4.89. The van der Waals surface area contributed by atoms with E-state index in [1.807, 2.05) is 0 Å². The Morgan fingerprint density at radius 3 is 2.56 bits per heavy atom. The minimum Gasteiger partial charge on any atom is -0.407 e. The molecule has 0 saturated carbocycles. The Morgan fingerprint density at radius 2 is 1.94 bits per heavy atom. The van der Waals surface area contributed by atoms with Crippen LogP contribution in [0, 0.1) is 5.41 Å². The third-order valence-electron chi connectivity index (χ3n) is 2.55. The molecule has 0 amide bonds. The van der Waals surface area contributed by atoms with E-state index in [0.717, 1.165) is 5.46 Å². The molecule has 1 fully saturated rings. The van der Waals surface area contributed by atoms with Gasteiger partial charge in [-0.3, -0.25) is 0 Å². The van der Waals surface area contributed by atoms with E-state index in [2.05, 4.69) is 13.8 Å². The molecule has 1 saturated heterocycles. The molecule has 2 N–H and O–H groups in total. The van der Waals surface area contributed by atoms with Crippen LogP contribution in [0.2, 0.25) is 5.02 Å². The zero-order valence-corrected chi connectivity index (χ0v) is 10.3. The molecule has 1 aromatic rings. The van der Waals surface area contributed by atoms with Crippen LogP contribution in [0.25, 0.3) is 0 Å². The van der Waals surface area contributed by atoms with Gasteiger partial charge in [-0.1, -0.05) is 25.4 Å². The summed E-state index contributed by atoms with van der Waals surface area (Å²) in [7, 11) is -0.397. The van der Waals surface area contributed by atoms with Crippen LogP contribution in [0.3, 0.4) is 0 Å². The van der Waals surface area contributed by atoms with Crippen molar-refractivity contribution in [3.63, 3.8) is 0 Å². The lowest BCUT2D eigenvalue weighted by atomic mass is 9.75. The van der Waals surface area contributed by atoms with E-state index in [0.29, 0.717) is 23.9 Å². The highest BCUT2D eigenvalue weighted by Gasteiger charge is 2.34.